The van der Waals surface area contributed by atoms with Crippen LogP contribution in [0.2, 0.25) is 0 Å². The fraction of sp³-hybridized carbons (Fsp3) is 0.533. The van der Waals surface area contributed by atoms with E-state index in [1.165, 1.54) is 0 Å². The van der Waals surface area contributed by atoms with Gasteiger partial charge in [-0.3, -0.25) is 0 Å². The second kappa shape index (κ2) is 7.14. The normalized spacial score (nSPS) is 12.5. The van der Waals surface area contributed by atoms with E-state index in [-0.39, 0.29) is 0 Å². The van der Waals surface area contributed by atoms with Gasteiger partial charge < -0.3 is 15.6 Å². The van der Waals surface area contributed by atoms with Gasteiger partial charge in [0, 0.05) is 0 Å². The second-order valence-electron chi connectivity index (χ2n) is 4.91. The first kappa shape index (κ1) is 15.5. The lowest BCUT2D eigenvalue weighted by Gasteiger charge is -2.18. The Morgan fingerprint density at radius 2 is 2.11 bits per heavy atom. The van der Waals surface area contributed by atoms with E-state index >= 15 is 0 Å². The highest BCUT2D eigenvalue weighted by atomic mass is 16.5. The summed E-state index contributed by atoms with van der Waals surface area (Å²) in [6, 6.07) is 5.96. The van der Waals surface area contributed by atoms with Crippen molar-refractivity contribution < 1.29 is 14.6 Å². The molecule has 1 atom stereocenters. The van der Waals surface area contributed by atoms with Gasteiger partial charge in [-0.05, 0) is 42.5 Å². The molecule has 0 saturated heterocycles. The Kier molecular flexibility index (Phi) is 5.83. The Balaban J connectivity index is 3.05. The molecule has 1 aromatic rings. The van der Waals surface area contributed by atoms with E-state index < -0.39 is 12.1 Å². The van der Waals surface area contributed by atoms with Crippen LogP contribution in [-0.2, 0) is 11.2 Å². The van der Waals surface area contributed by atoms with Gasteiger partial charge in [-0.1, -0.05) is 32.9 Å². The van der Waals surface area contributed by atoms with E-state index in [1.807, 2.05) is 18.2 Å². The largest absolute Gasteiger partial charge is 0.479 e. The van der Waals surface area contributed by atoms with Crippen LogP contribution in [0.3, 0.4) is 0 Å². The molecule has 0 aliphatic rings. The summed E-state index contributed by atoms with van der Waals surface area (Å²) in [4.78, 5) is 11.1. The van der Waals surface area contributed by atoms with Gasteiger partial charge in [0.2, 0.25) is 0 Å². The topological polar surface area (TPSA) is 72.5 Å². The Bertz CT molecular complexity index is 429. The number of aliphatic carboxylic acids is 1. The molecule has 19 heavy (non-hydrogen) atoms. The number of hydrogen-bond donors (Lipinski definition) is 2. The minimum absolute atomic E-state index is 0.374. The van der Waals surface area contributed by atoms with Crippen LogP contribution in [0, 0.1) is 0 Å². The van der Waals surface area contributed by atoms with Crippen molar-refractivity contribution in [2.75, 3.05) is 6.54 Å². The molecule has 0 amide bonds. The highest BCUT2D eigenvalue weighted by Gasteiger charge is 2.18. The third kappa shape index (κ3) is 4.24. The first-order valence-electron chi connectivity index (χ1n) is 6.71. The summed E-state index contributed by atoms with van der Waals surface area (Å²) in [6.45, 7) is 6.50. The SMILES string of the molecule is CCC(Oc1cc(C(C)C)ccc1CCN)C(=O)O. The highest BCUT2D eigenvalue weighted by Crippen LogP contribution is 2.26. The molecule has 0 bridgehead atoms. The minimum atomic E-state index is -0.934. The van der Waals surface area contributed by atoms with Crippen molar-refractivity contribution >= 4 is 5.97 Å². The lowest BCUT2D eigenvalue weighted by molar-refractivity contribution is -0.145. The molecule has 0 aliphatic heterocycles. The van der Waals surface area contributed by atoms with Crippen LogP contribution in [0.4, 0.5) is 0 Å². The number of rotatable bonds is 7. The number of ether oxygens (including phenoxy) is 1. The molecular weight excluding hydrogens is 242 g/mol. The standard InChI is InChI=1S/C15H23NO3/c1-4-13(15(17)18)19-14-9-12(10(2)3)6-5-11(14)7-8-16/h5-6,9-10,13H,4,7-8,16H2,1-3H3,(H,17,18). The zero-order valence-corrected chi connectivity index (χ0v) is 11.8. The maximum Gasteiger partial charge on any atom is 0.344 e. The zero-order valence-electron chi connectivity index (χ0n) is 11.8. The summed E-state index contributed by atoms with van der Waals surface area (Å²) in [7, 11) is 0. The number of carbonyl (C=O) groups is 1. The van der Waals surface area contributed by atoms with Crippen LogP contribution in [0.5, 0.6) is 5.75 Å². The van der Waals surface area contributed by atoms with E-state index in [0.29, 0.717) is 31.1 Å². The number of benzene rings is 1. The molecule has 1 rings (SSSR count). The Morgan fingerprint density at radius 1 is 1.42 bits per heavy atom. The Labute approximate surface area is 114 Å². The molecule has 4 nitrogen and oxygen atoms in total. The molecule has 1 unspecified atom stereocenters. The number of carboxylic acids is 1. The summed E-state index contributed by atoms with van der Waals surface area (Å²) in [5.74, 6) is 0.0845. The molecule has 0 saturated carbocycles. The molecule has 106 valence electrons. The molecule has 3 N–H and O–H groups in total. The van der Waals surface area contributed by atoms with Crippen molar-refractivity contribution in [2.45, 2.75) is 45.6 Å². The van der Waals surface area contributed by atoms with Crippen molar-refractivity contribution in [3.63, 3.8) is 0 Å². The van der Waals surface area contributed by atoms with Crippen LogP contribution in [-0.4, -0.2) is 23.7 Å². The molecule has 0 radical (unpaired) electrons. The second-order valence-corrected chi connectivity index (χ2v) is 4.91. The third-order valence-corrected chi connectivity index (χ3v) is 3.09. The lowest BCUT2D eigenvalue weighted by Crippen LogP contribution is -2.26. The van der Waals surface area contributed by atoms with Crippen molar-refractivity contribution in [1.29, 1.82) is 0 Å². The average molecular weight is 265 g/mol. The molecule has 4 heteroatoms. The van der Waals surface area contributed by atoms with Gasteiger partial charge in [0.05, 0.1) is 0 Å². The minimum Gasteiger partial charge on any atom is -0.479 e. The molecule has 0 fully saturated rings. The summed E-state index contributed by atoms with van der Waals surface area (Å²) in [6.07, 6.45) is 0.312. The van der Waals surface area contributed by atoms with E-state index in [1.54, 1.807) is 6.92 Å². The lowest BCUT2D eigenvalue weighted by atomic mass is 9.99. The third-order valence-electron chi connectivity index (χ3n) is 3.09. The summed E-state index contributed by atoms with van der Waals surface area (Å²) in [5, 5.41) is 9.08. The quantitative estimate of drug-likeness (QED) is 0.794. The van der Waals surface area contributed by atoms with Gasteiger partial charge in [0.15, 0.2) is 6.10 Å². The van der Waals surface area contributed by atoms with Crippen molar-refractivity contribution in [3.05, 3.63) is 29.3 Å². The predicted molar refractivity (Wildman–Crippen MR) is 75.6 cm³/mol. The number of hydrogen-bond acceptors (Lipinski definition) is 3. The first-order chi connectivity index (χ1) is 8.99. The van der Waals surface area contributed by atoms with Gasteiger partial charge >= 0.3 is 5.97 Å². The van der Waals surface area contributed by atoms with Crippen molar-refractivity contribution in [3.8, 4) is 5.75 Å². The van der Waals surface area contributed by atoms with Gasteiger partial charge in [-0.25, -0.2) is 4.79 Å². The maximum absolute atomic E-state index is 11.1. The van der Waals surface area contributed by atoms with Crippen LogP contribution < -0.4 is 10.5 Å². The van der Waals surface area contributed by atoms with E-state index in [2.05, 4.69) is 13.8 Å². The summed E-state index contributed by atoms with van der Waals surface area (Å²) in [5.41, 5.74) is 7.68. The van der Waals surface area contributed by atoms with Gasteiger partial charge in [0.1, 0.15) is 5.75 Å². The van der Waals surface area contributed by atoms with E-state index in [9.17, 15) is 4.79 Å². The highest BCUT2D eigenvalue weighted by molar-refractivity contribution is 5.72. The fourth-order valence-electron chi connectivity index (χ4n) is 1.86. The maximum atomic E-state index is 11.1. The van der Waals surface area contributed by atoms with E-state index in [4.69, 9.17) is 15.6 Å². The van der Waals surface area contributed by atoms with Crippen LogP contribution in [0.15, 0.2) is 18.2 Å². The molecule has 0 heterocycles. The van der Waals surface area contributed by atoms with Crippen molar-refractivity contribution in [2.24, 2.45) is 5.73 Å². The molecule has 0 aliphatic carbocycles. The van der Waals surface area contributed by atoms with Crippen LogP contribution in [0.25, 0.3) is 0 Å². The van der Waals surface area contributed by atoms with Crippen molar-refractivity contribution in [1.82, 2.24) is 0 Å². The van der Waals surface area contributed by atoms with Gasteiger partial charge in [0.25, 0.3) is 0 Å². The smallest absolute Gasteiger partial charge is 0.344 e. The van der Waals surface area contributed by atoms with Crippen LogP contribution >= 0.6 is 0 Å². The molecule has 0 aromatic heterocycles. The molecule has 1 aromatic carbocycles. The number of carboxylic acid groups (broad SMARTS) is 1. The number of nitrogens with two attached hydrogens (primary N) is 1. The van der Waals surface area contributed by atoms with Gasteiger partial charge in [-0.15, -0.1) is 0 Å². The first-order valence-corrected chi connectivity index (χ1v) is 6.71. The fourth-order valence-corrected chi connectivity index (χ4v) is 1.86. The Hall–Kier alpha value is -1.55. The average Bonchev–Trinajstić information content (AvgIpc) is 2.37. The van der Waals surface area contributed by atoms with Gasteiger partial charge in [-0.2, -0.15) is 0 Å². The summed E-state index contributed by atoms with van der Waals surface area (Å²) < 4.78 is 5.64. The zero-order chi connectivity index (χ0) is 14.4. The molecule has 0 spiro atoms. The van der Waals surface area contributed by atoms with Crippen LogP contribution in [0.1, 0.15) is 44.2 Å². The Morgan fingerprint density at radius 3 is 2.58 bits per heavy atom. The summed E-state index contributed by atoms with van der Waals surface area (Å²) >= 11 is 0. The predicted octanol–water partition coefficient (Wildman–Crippen LogP) is 2.55. The molecular formula is C15H23NO3. The monoisotopic (exact) mass is 265 g/mol. The van der Waals surface area contributed by atoms with E-state index in [0.717, 1.165) is 11.1 Å².